The number of nitrogens with one attached hydrogen (secondary N) is 4. The van der Waals surface area contributed by atoms with E-state index in [4.69, 9.17) is 4.74 Å². The van der Waals surface area contributed by atoms with Crippen LogP contribution in [0.15, 0.2) is 41.4 Å². The number of nitrogens with zero attached hydrogens (tertiary/aromatic N) is 3. The lowest BCUT2D eigenvalue weighted by Crippen LogP contribution is -2.52. The third-order valence-electron chi connectivity index (χ3n) is 5.86. The first-order valence-electron chi connectivity index (χ1n) is 11.1. The third kappa shape index (κ3) is 4.96. The number of ether oxygens (including phenoxy) is 1. The van der Waals surface area contributed by atoms with E-state index in [-0.39, 0.29) is 23.9 Å². The summed E-state index contributed by atoms with van der Waals surface area (Å²) in [5.41, 5.74) is 2.76. The maximum absolute atomic E-state index is 12.9. The highest BCUT2D eigenvalue weighted by Crippen LogP contribution is 2.29. The van der Waals surface area contributed by atoms with E-state index in [9.17, 15) is 9.59 Å². The van der Waals surface area contributed by atoms with Crippen LogP contribution in [-0.2, 0) is 16.1 Å². The van der Waals surface area contributed by atoms with Crippen LogP contribution in [0, 0.1) is 0 Å². The summed E-state index contributed by atoms with van der Waals surface area (Å²) in [6.07, 6.45) is 3.21. The normalized spacial score (nSPS) is 19.9. The first-order chi connectivity index (χ1) is 16.6. The molecule has 10 nitrogen and oxygen atoms in total. The second kappa shape index (κ2) is 9.92. The standard InChI is InChI=1S/C23H25N7O3S/c1-33-20-7-5-15-21(30-20)16(8-9-24-15)28-23(32)17-4-2-13(10-26-17)25-11-14-3-6-18-22(27-14)29-19(31)12-34-18/h3,5-9,13,17,25-26H,2,4,10-12H2,1H3,(H,24,28,32)(H,27,29,31). The molecule has 0 aliphatic carbocycles. The number of thioether (sulfide) groups is 1. The Bertz CT molecular complexity index is 1230. The van der Waals surface area contributed by atoms with E-state index in [1.165, 1.54) is 11.8 Å². The Kier molecular flexibility index (Phi) is 6.57. The van der Waals surface area contributed by atoms with Gasteiger partial charge in [0, 0.05) is 31.4 Å². The number of pyridine rings is 3. The van der Waals surface area contributed by atoms with Crippen LogP contribution in [-0.4, -0.2) is 58.3 Å². The smallest absolute Gasteiger partial charge is 0.241 e. The van der Waals surface area contributed by atoms with Gasteiger partial charge < -0.3 is 26.0 Å². The van der Waals surface area contributed by atoms with Crippen LogP contribution in [0.25, 0.3) is 11.0 Å². The van der Waals surface area contributed by atoms with Gasteiger partial charge in [-0.05, 0) is 37.1 Å². The van der Waals surface area contributed by atoms with Crippen molar-refractivity contribution in [1.29, 1.82) is 0 Å². The summed E-state index contributed by atoms with van der Waals surface area (Å²) in [5, 5.41) is 12.6. The maximum atomic E-state index is 12.9. The molecular weight excluding hydrogens is 454 g/mol. The van der Waals surface area contributed by atoms with E-state index in [0.29, 0.717) is 53.7 Å². The molecule has 2 aliphatic rings. The van der Waals surface area contributed by atoms with E-state index in [2.05, 4.69) is 36.2 Å². The Labute approximate surface area is 200 Å². The summed E-state index contributed by atoms with van der Waals surface area (Å²) in [6, 6.07) is 9.20. The van der Waals surface area contributed by atoms with Crippen LogP contribution in [0.4, 0.5) is 11.5 Å². The van der Waals surface area contributed by atoms with Crippen molar-refractivity contribution in [3.8, 4) is 5.88 Å². The molecule has 0 aromatic carbocycles. The fourth-order valence-corrected chi connectivity index (χ4v) is 4.80. The van der Waals surface area contributed by atoms with Crippen LogP contribution in [0.3, 0.4) is 0 Å². The molecule has 34 heavy (non-hydrogen) atoms. The highest BCUT2D eigenvalue weighted by Gasteiger charge is 2.26. The fraction of sp³-hybridized carbons (Fsp3) is 0.348. The highest BCUT2D eigenvalue weighted by molar-refractivity contribution is 8.00. The van der Waals surface area contributed by atoms with Crippen molar-refractivity contribution in [2.45, 2.75) is 36.4 Å². The number of rotatable bonds is 6. The van der Waals surface area contributed by atoms with E-state index in [1.54, 1.807) is 25.4 Å². The number of carbonyl (C=O) groups is 2. The number of hydrogen-bond donors (Lipinski definition) is 4. The molecule has 2 amide bonds. The summed E-state index contributed by atoms with van der Waals surface area (Å²) < 4.78 is 5.20. The number of hydrogen-bond acceptors (Lipinski definition) is 9. The SMILES string of the molecule is COc1ccc2nccc(NC(=O)C3CCC(NCc4ccc5c(n4)NC(=O)CS5)CN3)c2n1. The van der Waals surface area contributed by atoms with Gasteiger partial charge in [0.2, 0.25) is 17.7 Å². The second-order valence-electron chi connectivity index (χ2n) is 8.17. The Hall–Kier alpha value is -3.28. The molecule has 3 aromatic heterocycles. The van der Waals surface area contributed by atoms with Crippen LogP contribution >= 0.6 is 11.8 Å². The summed E-state index contributed by atoms with van der Waals surface area (Å²) in [6.45, 7) is 1.26. The number of anilines is 2. The minimum absolute atomic E-state index is 0.0226. The molecule has 0 bridgehead atoms. The molecule has 2 unspecified atom stereocenters. The van der Waals surface area contributed by atoms with E-state index in [0.717, 1.165) is 17.0 Å². The number of amides is 2. The number of aromatic nitrogens is 3. The quantitative estimate of drug-likeness (QED) is 0.419. The molecule has 176 valence electrons. The molecule has 5 heterocycles. The summed E-state index contributed by atoms with van der Waals surface area (Å²) in [5.74, 6) is 1.41. The lowest BCUT2D eigenvalue weighted by atomic mass is 10.00. The molecule has 1 saturated heterocycles. The Morgan fingerprint density at radius 2 is 2.12 bits per heavy atom. The van der Waals surface area contributed by atoms with Crippen molar-refractivity contribution < 1.29 is 14.3 Å². The fourth-order valence-electron chi connectivity index (χ4n) is 4.05. The van der Waals surface area contributed by atoms with Crippen molar-refractivity contribution >= 4 is 46.1 Å². The Balaban J connectivity index is 1.14. The van der Waals surface area contributed by atoms with Crippen molar-refractivity contribution in [2.24, 2.45) is 0 Å². The van der Waals surface area contributed by atoms with Gasteiger partial charge in [-0.25, -0.2) is 9.97 Å². The van der Waals surface area contributed by atoms with Crippen molar-refractivity contribution in [3.05, 3.63) is 42.2 Å². The number of carbonyl (C=O) groups excluding carboxylic acids is 2. The molecule has 1 fully saturated rings. The van der Waals surface area contributed by atoms with Gasteiger partial charge in [-0.3, -0.25) is 14.6 Å². The van der Waals surface area contributed by atoms with Crippen LogP contribution in [0.1, 0.15) is 18.5 Å². The van der Waals surface area contributed by atoms with Crippen LogP contribution < -0.4 is 26.0 Å². The molecular formula is C23H25N7O3S. The number of methoxy groups -OCH3 is 1. The lowest BCUT2D eigenvalue weighted by molar-refractivity contribution is -0.118. The molecule has 2 aliphatic heterocycles. The van der Waals surface area contributed by atoms with Gasteiger partial charge in [0.15, 0.2) is 0 Å². The maximum Gasteiger partial charge on any atom is 0.241 e. The van der Waals surface area contributed by atoms with Crippen LogP contribution in [0.5, 0.6) is 5.88 Å². The molecule has 0 radical (unpaired) electrons. The van der Waals surface area contributed by atoms with Crippen LogP contribution in [0.2, 0.25) is 0 Å². The molecule has 2 atom stereocenters. The van der Waals surface area contributed by atoms with Gasteiger partial charge in [0.05, 0.1) is 40.7 Å². The number of fused-ring (bicyclic) bond motifs is 2. The van der Waals surface area contributed by atoms with E-state index in [1.807, 2.05) is 18.2 Å². The average Bonchev–Trinajstić information content (AvgIpc) is 2.87. The molecule has 0 saturated carbocycles. The van der Waals surface area contributed by atoms with Gasteiger partial charge in [0.25, 0.3) is 0 Å². The van der Waals surface area contributed by atoms with E-state index < -0.39 is 0 Å². The second-order valence-corrected chi connectivity index (χ2v) is 9.19. The average molecular weight is 480 g/mol. The van der Waals surface area contributed by atoms with Gasteiger partial charge in [-0.1, -0.05) is 0 Å². The summed E-state index contributed by atoms with van der Waals surface area (Å²) in [7, 11) is 1.55. The largest absolute Gasteiger partial charge is 0.481 e. The zero-order valence-electron chi connectivity index (χ0n) is 18.6. The topological polar surface area (TPSA) is 130 Å². The summed E-state index contributed by atoms with van der Waals surface area (Å²) in [4.78, 5) is 38.8. The highest BCUT2D eigenvalue weighted by atomic mass is 32.2. The van der Waals surface area contributed by atoms with Gasteiger partial charge in [0.1, 0.15) is 11.3 Å². The minimum atomic E-state index is -0.291. The lowest BCUT2D eigenvalue weighted by Gasteiger charge is -2.30. The molecule has 3 aromatic rings. The van der Waals surface area contributed by atoms with E-state index >= 15 is 0 Å². The van der Waals surface area contributed by atoms with Crippen molar-refractivity contribution in [1.82, 2.24) is 25.6 Å². The molecule has 11 heteroatoms. The zero-order valence-corrected chi connectivity index (χ0v) is 19.4. The molecule has 5 rings (SSSR count). The predicted octanol–water partition coefficient (Wildman–Crippen LogP) is 1.93. The Morgan fingerprint density at radius 3 is 2.94 bits per heavy atom. The summed E-state index contributed by atoms with van der Waals surface area (Å²) >= 11 is 1.50. The first kappa shape index (κ1) is 22.5. The van der Waals surface area contributed by atoms with Gasteiger partial charge >= 0.3 is 0 Å². The minimum Gasteiger partial charge on any atom is -0.481 e. The van der Waals surface area contributed by atoms with Crippen molar-refractivity contribution in [2.75, 3.05) is 30.0 Å². The molecule has 0 spiro atoms. The molecule has 4 N–H and O–H groups in total. The van der Waals surface area contributed by atoms with Gasteiger partial charge in [-0.15, -0.1) is 11.8 Å². The number of piperidine rings is 1. The monoisotopic (exact) mass is 479 g/mol. The predicted molar refractivity (Wildman–Crippen MR) is 130 cm³/mol. The van der Waals surface area contributed by atoms with Crippen molar-refractivity contribution in [3.63, 3.8) is 0 Å². The first-order valence-corrected chi connectivity index (χ1v) is 12.1. The third-order valence-corrected chi connectivity index (χ3v) is 6.91. The van der Waals surface area contributed by atoms with Gasteiger partial charge in [-0.2, -0.15) is 0 Å². The zero-order chi connectivity index (χ0) is 23.5. The Morgan fingerprint density at radius 1 is 1.21 bits per heavy atom.